The molecular formula is C20H25N5O5S2. The number of carbonyl (C=O) groups excluding carboxylic acids is 1. The maximum absolute atomic E-state index is 12.7. The molecule has 3 N–H and O–H groups in total. The second-order valence-corrected chi connectivity index (χ2v) is 10.5. The largest absolute Gasteiger partial charge is 0.305 e. The molecule has 172 valence electrons. The van der Waals surface area contributed by atoms with Crippen molar-refractivity contribution >= 4 is 37.5 Å². The molecule has 2 aromatic carbocycles. The molecule has 1 amide bonds. The molecule has 0 bridgehead atoms. The van der Waals surface area contributed by atoms with E-state index in [1.165, 1.54) is 67.1 Å². The molecule has 0 atom stereocenters. The molecule has 0 radical (unpaired) electrons. The summed E-state index contributed by atoms with van der Waals surface area (Å²) >= 11 is 0. The number of amides is 1. The second-order valence-electron chi connectivity index (χ2n) is 7.10. The van der Waals surface area contributed by atoms with Crippen LogP contribution in [0.4, 0.5) is 11.5 Å². The van der Waals surface area contributed by atoms with Crippen LogP contribution in [0.1, 0.15) is 27.5 Å². The summed E-state index contributed by atoms with van der Waals surface area (Å²) in [7, 11) is -7.69. The van der Waals surface area contributed by atoms with Gasteiger partial charge in [0.2, 0.25) is 10.0 Å². The summed E-state index contributed by atoms with van der Waals surface area (Å²) in [6.45, 7) is 0. The minimum Gasteiger partial charge on any atom is -0.305 e. The van der Waals surface area contributed by atoms with E-state index < -0.39 is 26.0 Å². The van der Waals surface area contributed by atoms with E-state index in [1.54, 1.807) is 0 Å². The lowest BCUT2D eigenvalue weighted by atomic mass is 10.2. The van der Waals surface area contributed by atoms with Crippen LogP contribution in [0.15, 0.2) is 76.9 Å². The van der Waals surface area contributed by atoms with Crippen molar-refractivity contribution in [3.63, 3.8) is 0 Å². The van der Waals surface area contributed by atoms with Crippen molar-refractivity contribution in [2.24, 2.45) is 0 Å². The number of rotatable bonds is 8. The topological polar surface area (TPSA) is 147 Å². The van der Waals surface area contributed by atoms with E-state index >= 15 is 0 Å². The third-order valence-electron chi connectivity index (χ3n) is 4.53. The highest BCUT2D eigenvalue weighted by atomic mass is 32.2. The van der Waals surface area contributed by atoms with Crippen LogP contribution < -0.4 is 14.8 Å². The molecule has 32 heavy (non-hydrogen) atoms. The standard InChI is InChI=1S/C20H19N5O5S2.3H2/c26-20(23-19-13-21-10-11-22-19)14-2-1-3-16(12-14)25-32(29,30)18-8-6-17(7-9-18)31(27,28)24-15-4-5-15;;;/h1-3,6-13,15,24-25H,4-5H2,(H,22,23,26);3*1H. The zero-order valence-corrected chi connectivity index (χ0v) is 18.2. The van der Waals surface area contributed by atoms with Crippen molar-refractivity contribution < 1.29 is 25.9 Å². The van der Waals surface area contributed by atoms with Crippen LogP contribution in [0, 0.1) is 0 Å². The Morgan fingerprint density at radius 3 is 2.25 bits per heavy atom. The lowest BCUT2D eigenvalue weighted by Gasteiger charge is -2.11. The van der Waals surface area contributed by atoms with Crippen molar-refractivity contribution in [3.05, 3.63) is 72.7 Å². The Labute approximate surface area is 189 Å². The van der Waals surface area contributed by atoms with Crippen molar-refractivity contribution in [1.29, 1.82) is 0 Å². The zero-order valence-electron chi connectivity index (χ0n) is 16.6. The Hall–Kier alpha value is -3.35. The van der Waals surface area contributed by atoms with Crippen LogP contribution in [0.3, 0.4) is 0 Å². The molecule has 1 aliphatic carbocycles. The Morgan fingerprint density at radius 2 is 1.62 bits per heavy atom. The fourth-order valence-corrected chi connectivity index (χ4v) is 5.13. The summed E-state index contributed by atoms with van der Waals surface area (Å²) < 4.78 is 54.9. The predicted octanol–water partition coefficient (Wildman–Crippen LogP) is 2.71. The summed E-state index contributed by atoms with van der Waals surface area (Å²) in [5.74, 6) is -0.223. The first-order valence-corrected chi connectivity index (χ1v) is 12.5. The number of hydrogen-bond donors (Lipinski definition) is 3. The predicted molar refractivity (Wildman–Crippen MR) is 123 cm³/mol. The van der Waals surface area contributed by atoms with E-state index in [9.17, 15) is 21.6 Å². The van der Waals surface area contributed by atoms with Gasteiger partial charge in [0, 0.05) is 34.0 Å². The number of benzene rings is 2. The number of carbonyl (C=O) groups is 1. The van der Waals surface area contributed by atoms with E-state index in [-0.39, 0.29) is 37.2 Å². The van der Waals surface area contributed by atoms with Crippen molar-refractivity contribution in [2.75, 3.05) is 10.0 Å². The summed E-state index contributed by atoms with van der Waals surface area (Å²) in [5.41, 5.74) is 0.382. The highest BCUT2D eigenvalue weighted by Crippen LogP contribution is 2.23. The van der Waals surface area contributed by atoms with Crippen molar-refractivity contribution in [1.82, 2.24) is 14.7 Å². The molecule has 0 spiro atoms. The van der Waals surface area contributed by atoms with Crippen molar-refractivity contribution in [3.8, 4) is 0 Å². The van der Waals surface area contributed by atoms with Gasteiger partial charge in [0.1, 0.15) is 0 Å². The minimum absolute atomic E-state index is 0. The lowest BCUT2D eigenvalue weighted by Crippen LogP contribution is -2.25. The summed E-state index contributed by atoms with van der Waals surface area (Å²) in [6, 6.07) is 10.8. The molecular weight excluding hydrogens is 454 g/mol. The first kappa shape index (κ1) is 21.9. The number of hydrogen-bond acceptors (Lipinski definition) is 7. The SMILES string of the molecule is O=C(Nc1cnccn1)c1cccc(NS(=O)(=O)c2ccc(S(=O)(=O)NC3CC3)cc2)c1.[HH].[HH].[HH]. The normalized spacial score (nSPS) is 14.0. The van der Waals surface area contributed by atoms with Gasteiger partial charge in [-0.25, -0.2) is 26.5 Å². The molecule has 1 aliphatic rings. The van der Waals surface area contributed by atoms with Crippen LogP contribution in [-0.4, -0.2) is 38.8 Å². The van der Waals surface area contributed by atoms with Gasteiger partial charge in [-0.15, -0.1) is 0 Å². The molecule has 1 saturated carbocycles. The highest BCUT2D eigenvalue weighted by molar-refractivity contribution is 7.92. The van der Waals surface area contributed by atoms with E-state index in [1.807, 2.05) is 0 Å². The smallest absolute Gasteiger partial charge is 0.261 e. The lowest BCUT2D eigenvalue weighted by molar-refractivity contribution is 0.102. The van der Waals surface area contributed by atoms with Gasteiger partial charge in [-0.05, 0) is 55.3 Å². The number of nitrogens with zero attached hydrogens (tertiary/aromatic N) is 2. The fraction of sp³-hybridized carbons (Fsp3) is 0.150. The van der Waals surface area contributed by atoms with Crippen LogP contribution in [0.25, 0.3) is 0 Å². The molecule has 0 saturated heterocycles. The zero-order chi connectivity index (χ0) is 22.8. The molecule has 1 fully saturated rings. The van der Waals surface area contributed by atoms with Gasteiger partial charge in [-0.1, -0.05) is 6.07 Å². The van der Waals surface area contributed by atoms with Gasteiger partial charge in [0.05, 0.1) is 16.0 Å². The first-order valence-electron chi connectivity index (χ1n) is 9.56. The van der Waals surface area contributed by atoms with Crippen molar-refractivity contribution in [2.45, 2.75) is 28.7 Å². The van der Waals surface area contributed by atoms with Gasteiger partial charge in [0.25, 0.3) is 15.9 Å². The van der Waals surface area contributed by atoms with Crippen LogP contribution >= 0.6 is 0 Å². The maximum atomic E-state index is 12.7. The van der Waals surface area contributed by atoms with E-state index in [0.717, 1.165) is 12.8 Å². The molecule has 10 nitrogen and oxygen atoms in total. The first-order chi connectivity index (χ1) is 15.2. The number of aromatic nitrogens is 2. The average Bonchev–Trinajstić information content (AvgIpc) is 3.58. The molecule has 0 unspecified atom stereocenters. The molecule has 12 heteroatoms. The maximum Gasteiger partial charge on any atom is 0.261 e. The fourth-order valence-electron chi connectivity index (χ4n) is 2.78. The minimum atomic E-state index is -4.01. The Morgan fingerprint density at radius 1 is 0.938 bits per heavy atom. The third-order valence-corrected chi connectivity index (χ3v) is 7.46. The summed E-state index contributed by atoms with van der Waals surface area (Å²) in [4.78, 5) is 20.1. The summed E-state index contributed by atoms with van der Waals surface area (Å²) in [5, 5.41) is 2.57. The van der Waals surface area contributed by atoms with E-state index in [2.05, 4.69) is 24.7 Å². The Bertz CT molecular complexity index is 1360. The average molecular weight is 480 g/mol. The van der Waals surface area contributed by atoms with Gasteiger partial charge >= 0.3 is 0 Å². The Kier molecular flexibility index (Phi) is 5.91. The number of anilines is 2. The van der Waals surface area contributed by atoms with Gasteiger partial charge in [-0.3, -0.25) is 14.5 Å². The Balaban J connectivity index is 0.00000204. The van der Waals surface area contributed by atoms with Crippen LogP contribution in [-0.2, 0) is 20.0 Å². The number of nitrogens with one attached hydrogen (secondary N) is 3. The molecule has 1 aromatic heterocycles. The molecule has 3 aromatic rings. The van der Waals surface area contributed by atoms with Crippen LogP contribution in [0.2, 0.25) is 0 Å². The van der Waals surface area contributed by atoms with Gasteiger partial charge < -0.3 is 5.32 Å². The molecule has 1 heterocycles. The van der Waals surface area contributed by atoms with Gasteiger partial charge in [-0.2, -0.15) is 0 Å². The molecule has 4 rings (SSSR count). The van der Waals surface area contributed by atoms with E-state index in [0.29, 0.717) is 0 Å². The van der Waals surface area contributed by atoms with Gasteiger partial charge in [0.15, 0.2) is 5.82 Å². The van der Waals surface area contributed by atoms with E-state index in [4.69, 9.17) is 0 Å². The monoisotopic (exact) mass is 479 g/mol. The molecule has 0 aliphatic heterocycles. The second kappa shape index (κ2) is 8.65. The number of sulfonamides is 2. The summed E-state index contributed by atoms with van der Waals surface area (Å²) in [6.07, 6.45) is 5.88. The van der Waals surface area contributed by atoms with Crippen LogP contribution in [0.5, 0.6) is 0 Å². The quantitative estimate of drug-likeness (QED) is 0.450. The third kappa shape index (κ3) is 5.28. The highest BCUT2D eigenvalue weighted by Gasteiger charge is 2.28.